The summed E-state index contributed by atoms with van der Waals surface area (Å²) in [5.41, 5.74) is 2.26. The van der Waals surface area contributed by atoms with E-state index in [4.69, 9.17) is 21.1 Å². The van der Waals surface area contributed by atoms with Gasteiger partial charge >= 0.3 is 5.97 Å². The number of fused-ring (bicyclic) bond motifs is 1. The third-order valence-corrected chi connectivity index (χ3v) is 5.22. The van der Waals surface area contributed by atoms with Gasteiger partial charge in [0.25, 0.3) is 5.91 Å². The topological polar surface area (TPSA) is 64.6 Å². The van der Waals surface area contributed by atoms with E-state index in [1.807, 2.05) is 19.1 Å². The number of benzene rings is 2. The second-order valence-electron chi connectivity index (χ2n) is 6.69. The maximum atomic E-state index is 13.0. The Balaban J connectivity index is 1.87. The van der Waals surface area contributed by atoms with Crippen LogP contribution in [0.3, 0.4) is 0 Å². The van der Waals surface area contributed by atoms with Gasteiger partial charge in [-0.25, -0.2) is 0 Å². The molecule has 2 aromatic carbocycles. The number of methoxy groups -OCH3 is 1. The van der Waals surface area contributed by atoms with Gasteiger partial charge in [0.15, 0.2) is 0 Å². The quantitative estimate of drug-likeness (QED) is 0.778. The van der Waals surface area contributed by atoms with E-state index >= 15 is 0 Å². The number of carbonyl (C=O) groups excluding carboxylic acids is 2. The molecule has 1 heterocycles. The predicted octanol–water partition coefficient (Wildman–Crippen LogP) is 4.26. The van der Waals surface area contributed by atoms with Crippen LogP contribution in [-0.2, 0) is 9.53 Å². The fourth-order valence-electron chi connectivity index (χ4n) is 3.20. The first kappa shape index (κ1) is 19.2. The third kappa shape index (κ3) is 4.08. The van der Waals surface area contributed by atoms with E-state index in [2.05, 4.69) is 12.2 Å². The van der Waals surface area contributed by atoms with Crippen molar-refractivity contribution in [2.75, 3.05) is 7.11 Å². The molecule has 0 aromatic heterocycles. The van der Waals surface area contributed by atoms with Gasteiger partial charge in [-0.1, -0.05) is 42.8 Å². The highest BCUT2D eigenvalue weighted by Crippen LogP contribution is 2.40. The first-order valence-electron chi connectivity index (χ1n) is 8.83. The van der Waals surface area contributed by atoms with E-state index < -0.39 is 12.0 Å². The first-order chi connectivity index (χ1) is 12.9. The number of carbonyl (C=O) groups is 2. The molecule has 0 saturated heterocycles. The smallest absolute Gasteiger partial charge is 0.307 e. The molecular formula is C21H22ClNO4. The lowest BCUT2D eigenvalue weighted by atomic mass is 9.96. The van der Waals surface area contributed by atoms with E-state index in [1.165, 1.54) is 7.11 Å². The van der Waals surface area contributed by atoms with Crippen LogP contribution in [0, 0.1) is 0 Å². The minimum Gasteiger partial charge on any atom is -0.489 e. The number of nitrogens with one attached hydrogen (secondary N) is 1. The summed E-state index contributed by atoms with van der Waals surface area (Å²) >= 11 is 5.95. The largest absolute Gasteiger partial charge is 0.489 e. The van der Waals surface area contributed by atoms with E-state index in [-0.39, 0.29) is 24.3 Å². The summed E-state index contributed by atoms with van der Waals surface area (Å²) in [4.78, 5) is 24.8. The molecule has 0 radical (unpaired) electrons. The second kappa shape index (κ2) is 8.01. The lowest BCUT2D eigenvalue weighted by molar-refractivity contribution is -0.141. The van der Waals surface area contributed by atoms with Crippen LogP contribution in [0.4, 0.5) is 0 Å². The van der Waals surface area contributed by atoms with Gasteiger partial charge in [-0.3, -0.25) is 9.59 Å². The van der Waals surface area contributed by atoms with Crippen molar-refractivity contribution in [1.29, 1.82) is 0 Å². The molecule has 0 fully saturated rings. The van der Waals surface area contributed by atoms with Crippen molar-refractivity contribution < 1.29 is 19.1 Å². The minimum absolute atomic E-state index is 0.0103. The summed E-state index contributed by atoms with van der Waals surface area (Å²) < 4.78 is 10.7. The molecule has 0 saturated carbocycles. The number of hydrogen-bond acceptors (Lipinski definition) is 4. The molecule has 5 nitrogen and oxygen atoms in total. The van der Waals surface area contributed by atoms with Gasteiger partial charge in [0.2, 0.25) is 0 Å². The van der Waals surface area contributed by atoms with E-state index in [0.717, 1.165) is 11.1 Å². The van der Waals surface area contributed by atoms with Gasteiger partial charge in [-0.15, -0.1) is 0 Å². The van der Waals surface area contributed by atoms with Crippen LogP contribution in [0.1, 0.15) is 53.7 Å². The van der Waals surface area contributed by atoms with Gasteiger partial charge < -0.3 is 14.8 Å². The van der Waals surface area contributed by atoms with Crippen molar-refractivity contribution in [3.63, 3.8) is 0 Å². The van der Waals surface area contributed by atoms with Crippen LogP contribution < -0.4 is 10.1 Å². The Morgan fingerprint density at radius 3 is 2.56 bits per heavy atom. The van der Waals surface area contributed by atoms with Crippen molar-refractivity contribution in [2.24, 2.45) is 0 Å². The molecule has 27 heavy (non-hydrogen) atoms. The summed E-state index contributed by atoms with van der Waals surface area (Å²) in [6, 6.07) is 12.0. The van der Waals surface area contributed by atoms with Crippen molar-refractivity contribution in [3.8, 4) is 5.75 Å². The Morgan fingerprint density at radius 1 is 1.19 bits per heavy atom. The highest BCUT2D eigenvalue weighted by atomic mass is 35.5. The molecule has 1 aliphatic rings. The van der Waals surface area contributed by atoms with Crippen molar-refractivity contribution >= 4 is 23.5 Å². The number of rotatable bonds is 5. The van der Waals surface area contributed by atoms with Crippen LogP contribution >= 0.6 is 11.6 Å². The molecule has 142 valence electrons. The zero-order chi connectivity index (χ0) is 19.6. The van der Waals surface area contributed by atoms with E-state index in [1.54, 1.807) is 30.3 Å². The number of halogens is 1. The molecule has 0 spiro atoms. The molecule has 1 N–H and O–H groups in total. The van der Waals surface area contributed by atoms with Crippen molar-refractivity contribution in [3.05, 3.63) is 64.2 Å². The maximum Gasteiger partial charge on any atom is 0.307 e. The Morgan fingerprint density at radius 2 is 1.89 bits per heavy atom. The summed E-state index contributed by atoms with van der Waals surface area (Å²) in [5, 5.41) is 3.51. The van der Waals surface area contributed by atoms with Gasteiger partial charge in [-0.05, 0) is 30.7 Å². The third-order valence-electron chi connectivity index (χ3n) is 4.96. The molecule has 2 aromatic rings. The highest BCUT2D eigenvalue weighted by Gasteiger charge is 2.31. The van der Waals surface area contributed by atoms with Gasteiger partial charge in [0, 0.05) is 16.5 Å². The van der Waals surface area contributed by atoms with Crippen LogP contribution in [0.2, 0.25) is 5.02 Å². The molecule has 0 bridgehead atoms. The first-order valence-corrected chi connectivity index (χ1v) is 9.21. The molecule has 1 aliphatic heterocycles. The monoisotopic (exact) mass is 387 g/mol. The summed E-state index contributed by atoms with van der Waals surface area (Å²) in [7, 11) is 1.32. The van der Waals surface area contributed by atoms with Gasteiger partial charge in [0.05, 0.1) is 25.1 Å². The minimum atomic E-state index is -0.533. The van der Waals surface area contributed by atoms with E-state index in [9.17, 15) is 9.59 Å². The molecular weight excluding hydrogens is 366 g/mol. The number of ether oxygens (including phenoxy) is 2. The molecule has 0 unspecified atom stereocenters. The molecule has 1 amide bonds. The maximum absolute atomic E-state index is 13.0. The second-order valence-corrected chi connectivity index (χ2v) is 7.13. The average molecular weight is 388 g/mol. The fraction of sp³-hybridized carbons (Fsp3) is 0.333. The average Bonchev–Trinajstić information content (AvgIpc) is 2.96. The SMILES string of the molecule is COC(=O)C[C@H](NC(=O)c1cccc2c1O[C@@H](C)[C@H]2C)c1ccc(Cl)cc1. The zero-order valence-electron chi connectivity index (χ0n) is 15.5. The van der Waals surface area contributed by atoms with Crippen LogP contribution in [0.25, 0.3) is 0 Å². The predicted molar refractivity (Wildman–Crippen MR) is 103 cm³/mol. The summed E-state index contributed by atoms with van der Waals surface area (Å²) in [5.74, 6) is 0.127. The molecule has 3 atom stereocenters. The van der Waals surface area contributed by atoms with Gasteiger partial charge in [0.1, 0.15) is 11.9 Å². The number of para-hydroxylation sites is 1. The normalized spacial score (nSPS) is 19.0. The van der Waals surface area contributed by atoms with Crippen LogP contribution in [0.15, 0.2) is 42.5 Å². The Hall–Kier alpha value is -2.53. The molecule has 3 rings (SSSR count). The highest BCUT2D eigenvalue weighted by molar-refractivity contribution is 6.30. The lowest BCUT2D eigenvalue weighted by Gasteiger charge is -2.19. The van der Waals surface area contributed by atoms with E-state index in [0.29, 0.717) is 16.3 Å². The van der Waals surface area contributed by atoms with Crippen molar-refractivity contribution in [2.45, 2.75) is 38.3 Å². The Kier molecular flexibility index (Phi) is 5.71. The van der Waals surface area contributed by atoms with Gasteiger partial charge in [-0.2, -0.15) is 0 Å². The zero-order valence-corrected chi connectivity index (χ0v) is 16.2. The Bertz CT molecular complexity index is 850. The number of hydrogen-bond donors (Lipinski definition) is 1. The Labute approximate surface area is 163 Å². The lowest BCUT2D eigenvalue weighted by Crippen LogP contribution is -2.30. The number of amides is 1. The standard InChI is InChI=1S/C21H22ClNO4/c1-12-13(2)27-20-16(12)5-4-6-17(20)21(25)23-18(11-19(24)26-3)14-7-9-15(22)10-8-14/h4-10,12-13,18H,11H2,1-3H3,(H,23,25)/t12-,13+,18+/m1/s1. The fourth-order valence-corrected chi connectivity index (χ4v) is 3.32. The number of esters is 1. The summed E-state index contributed by atoms with van der Waals surface area (Å²) in [6.45, 7) is 4.06. The van der Waals surface area contributed by atoms with Crippen LogP contribution in [-0.4, -0.2) is 25.1 Å². The summed E-state index contributed by atoms with van der Waals surface area (Å²) in [6.07, 6.45) is 0.0307. The molecule has 6 heteroatoms. The van der Waals surface area contributed by atoms with Crippen LogP contribution in [0.5, 0.6) is 5.75 Å². The van der Waals surface area contributed by atoms with Crippen molar-refractivity contribution in [1.82, 2.24) is 5.32 Å². The molecule has 0 aliphatic carbocycles.